The molecule has 4 bridgehead atoms. The molecule has 0 atom stereocenters. The van der Waals surface area contributed by atoms with E-state index in [2.05, 4.69) is 36.4 Å². The number of nitrogens with zero attached hydrogens (tertiary/aromatic N) is 5. The summed E-state index contributed by atoms with van der Waals surface area (Å²) in [6, 6.07) is 11.6. The van der Waals surface area contributed by atoms with Crippen LogP contribution in [0.3, 0.4) is 0 Å². The van der Waals surface area contributed by atoms with Crippen LogP contribution < -0.4 is 15.0 Å². The number of pyridine rings is 1. The number of anilines is 1. The maximum absolute atomic E-state index is 13.0. The minimum atomic E-state index is -0.102. The third-order valence-corrected chi connectivity index (χ3v) is 10.1. The third kappa shape index (κ3) is 5.54. The van der Waals surface area contributed by atoms with Gasteiger partial charge in [-0.3, -0.25) is 14.7 Å². The lowest BCUT2D eigenvalue weighted by molar-refractivity contribution is -0.0503. The molecule has 2 N–H and O–H groups in total. The minimum Gasteiger partial charge on any atom is -0.506 e. The summed E-state index contributed by atoms with van der Waals surface area (Å²) in [6.45, 7) is 5.00. The summed E-state index contributed by atoms with van der Waals surface area (Å²) in [5, 5.41) is 21.8. The number of carbonyl (C=O) groups excluding carboxylic acids is 1. The second-order valence-electron chi connectivity index (χ2n) is 13.1. The average molecular weight is 569 g/mol. The van der Waals surface area contributed by atoms with E-state index in [9.17, 15) is 9.90 Å². The minimum absolute atomic E-state index is 0.102. The molecular weight excluding hydrogens is 528 g/mol. The van der Waals surface area contributed by atoms with Crippen LogP contribution in [0.25, 0.3) is 11.1 Å². The van der Waals surface area contributed by atoms with Gasteiger partial charge in [-0.2, -0.15) is 0 Å². The second-order valence-corrected chi connectivity index (χ2v) is 13.1. The number of amides is 1. The van der Waals surface area contributed by atoms with Crippen molar-refractivity contribution in [1.29, 1.82) is 0 Å². The van der Waals surface area contributed by atoms with E-state index in [0.29, 0.717) is 11.1 Å². The van der Waals surface area contributed by atoms with Crippen molar-refractivity contribution in [3.63, 3.8) is 0 Å². The monoisotopic (exact) mass is 568 g/mol. The van der Waals surface area contributed by atoms with Gasteiger partial charge < -0.3 is 20.1 Å². The Balaban J connectivity index is 0.917. The van der Waals surface area contributed by atoms with E-state index >= 15 is 0 Å². The highest BCUT2D eigenvalue weighted by molar-refractivity contribution is 5.92. The predicted octanol–water partition coefficient (Wildman–Crippen LogP) is 4.52. The molecule has 220 valence electrons. The summed E-state index contributed by atoms with van der Waals surface area (Å²) in [5.41, 5.74) is 3.63. The van der Waals surface area contributed by atoms with Gasteiger partial charge in [0, 0.05) is 56.6 Å². The molecule has 42 heavy (non-hydrogen) atoms. The van der Waals surface area contributed by atoms with Crippen molar-refractivity contribution >= 4 is 11.7 Å². The van der Waals surface area contributed by atoms with Gasteiger partial charge in [-0.25, -0.2) is 0 Å². The van der Waals surface area contributed by atoms with E-state index in [4.69, 9.17) is 4.74 Å². The molecule has 5 aliphatic rings. The number of aromatic nitrogens is 3. The van der Waals surface area contributed by atoms with Crippen LogP contribution in [0.15, 0.2) is 48.8 Å². The van der Waals surface area contributed by atoms with Crippen molar-refractivity contribution in [3.05, 3.63) is 60.0 Å². The molecule has 1 saturated heterocycles. The largest absolute Gasteiger partial charge is 0.506 e. The van der Waals surface area contributed by atoms with E-state index in [1.54, 1.807) is 19.4 Å². The molecule has 8 rings (SSSR count). The van der Waals surface area contributed by atoms with E-state index in [-0.39, 0.29) is 11.7 Å². The highest BCUT2D eigenvalue weighted by Crippen LogP contribution is 2.59. The van der Waals surface area contributed by atoms with E-state index < -0.39 is 0 Å². The standard InChI is InChI=1S/C33H40N6O3/c1-42-30-14-25(27-13-28(40)19-34-18-27)2-3-26(30)20-38-6-8-39(9-7-38)31-5-4-29(36-37-31)32(41)35-21-33-15-22-10-23(16-33)12-24(11-22)17-33/h2-5,13-14,18-19,22-24,40H,6-12,15-17,20-21H2,1H3,(H,35,41). The average Bonchev–Trinajstić information content (AvgIpc) is 3.00. The zero-order chi connectivity index (χ0) is 28.7. The fourth-order valence-corrected chi connectivity index (χ4v) is 8.50. The van der Waals surface area contributed by atoms with Crippen LogP contribution in [0.2, 0.25) is 0 Å². The van der Waals surface area contributed by atoms with Crippen LogP contribution in [-0.4, -0.2) is 70.9 Å². The Morgan fingerprint density at radius 1 is 0.952 bits per heavy atom. The Morgan fingerprint density at radius 3 is 2.33 bits per heavy atom. The summed E-state index contributed by atoms with van der Waals surface area (Å²) in [6.07, 6.45) is 11.2. The number of hydrogen-bond acceptors (Lipinski definition) is 8. The lowest BCUT2D eigenvalue weighted by Gasteiger charge is -2.56. The number of nitrogens with one attached hydrogen (secondary N) is 1. The van der Waals surface area contributed by atoms with Crippen LogP contribution in [0, 0.1) is 23.2 Å². The zero-order valence-electron chi connectivity index (χ0n) is 24.3. The summed E-state index contributed by atoms with van der Waals surface area (Å²) in [4.78, 5) is 21.7. The van der Waals surface area contributed by atoms with Gasteiger partial charge in [0.2, 0.25) is 0 Å². The Labute approximate surface area is 247 Å². The van der Waals surface area contributed by atoms with Crippen molar-refractivity contribution in [3.8, 4) is 22.6 Å². The number of aromatic hydroxyl groups is 1. The normalized spacial score (nSPS) is 26.8. The fourth-order valence-electron chi connectivity index (χ4n) is 8.50. The first-order valence-corrected chi connectivity index (χ1v) is 15.4. The van der Waals surface area contributed by atoms with Crippen LogP contribution in [-0.2, 0) is 6.54 Å². The highest BCUT2D eigenvalue weighted by atomic mass is 16.5. The van der Waals surface area contributed by atoms with Crippen molar-refractivity contribution in [2.24, 2.45) is 23.2 Å². The van der Waals surface area contributed by atoms with Gasteiger partial charge in [0.15, 0.2) is 11.5 Å². The first-order valence-electron chi connectivity index (χ1n) is 15.4. The van der Waals surface area contributed by atoms with Crippen molar-refractivity contribution in [2.75, 3.05) is 44.7 Å². The molecular formula is C33H40N6O3. The van der Waals surface area contributed by atoms with Crippen LogP contribution in [0.5, 0.6) is 11.5 Å². The van der Waals surface area contributed by atoms with E-state index in [0.717, 1.165) is 85.3 Å². The number of carbonyl (C=O) groups is 1. The molecule has 3 aromatic rings. The molecule has 2 aromatic heterocycles. The van der Waals surface area contributed by atoms with Gasteiger partial charge >= 0.3 is 0 Å². The van der Waals surface area contributed by atoms with Gasteiger partial charge in [-0.05, 0) is 91.5 Å². The maximum Gasteiger partial charge on any atom is 0.271 e. The topological polar surface area (TPSA) is 104 Å². The molecule has 5 fully saturated rings. The molecule has 9 heteroatoms. The molecule has 4 aliphatic carbocycles. The molecule has 0 spiro atoms. The lowest BCUT2D eigenvalue weighted by atomic mass is 9.49. The molecule has 1 amide bonds. The highest BCUT2D eigenvalue weighted by Gasteiger charge is 2.50. The Morgan fingerprint density at radius 2 is 1.69 bits per heavy atom. The van der Waals surface area contributed by atoms with E-state index in [1.165, 1.54) is 44.7 Å². The first-order chi connectivity index (χ1) is 20.4. The number of piperazine rings is 1. The molecule has 3 heterocycles. The second kappa shape index (κ2) is 11.2. The molecule has 1 aromatic carbocycles. The number of rotatable bonds is 8. The molecule has 0 unspecified atom stereocenters. The molecule has 0 radical (unpaired) electrons. The SMILES string of the molecule is COc1cc(-c2cncc(O)c2)ccc1CN1CCN(c2ccc(C(=O)NCC34CC5CC(CC(C5)C3)C4)nn2)CC1. The fraction of sp³-hybridized carbons (Fsp3) is 0.515. The summed E-state index contributed by atoms with van der Waals surface area (Å²) < 4.78 is 5.71. The smallest absolute Gasteiger partial charge is 0.271 e. The Hall–Kier alpha value is -3.72. The van der Waals surface area contributed by atoms with Crippen molar-refractivity contribution < 1.29 is 14.6 Å². The van der Waals surface area contributed by atoms with Gasteiger partial charge in [-0.1, -0.05) is 12.1 Å². The quantitative estimate of drug-likeness (QED) is 0.409. The number of ether oxygens (including phenoxy) is 1. The van der Waals surface area contributed by atoms with Gasteiger partial charge in [0.1, 0.15) is 11.5 Å². The molecule has 1 aliphatic heterocycles. The number of hydrogen-bond donors (Lipinski definition) is 2. The van der Waals surface area contributed by atoms with Gasteiger partial charge in [0.25, 0.3) is 5.91 Å². The lowest BCUT2D eigenvalue weighted by Crippen LogP contribution is -2.51. The Bertz CT molecular complexity index is 1400. The number of benzene rings is 1. The van der Waals surface area contributed by atoms with E-state index in [1.807, 2.05) is 24.3 Å². The Kier molecular flexibility index (Phi) is 7.22. The van der Waals surface area contributed by atoms with Crippen LogP contribution >= 0.6 is 0 Å². The predicted molar refractivity (Wildman–Crippen MR) is 160 cm³/mol. The maximum atomic E-state index is 13.0. The summed E-state index contributed by atoms with van der Waals surface area (Å²) >= 11 is 0. The number of methoxy groups -OCH3 is 1. The molecule has 4 saturated carbocycles. The third-order valence-electron chi connectivity index (χ3n) is 10.1. The van der Waals surface area contributed by atoms with Gasteiger partial charge in [0.05, 0.1) is 13.3 Å². The van der Waals surface area contributed by atoms with Crippen molar-refractivity contribution in [2.45, 2.75) is 45.1 Å². The summed E-state index contributed by atoms with van der Waals surface area (Å²) in [7, 11) is 1.69. The van der Waals surface area contributed by atoms with Crippen molar-refractivity contribution in [1.82, 2.24) is 25.4 Å². The molecule has 9 nitrogen and oxygen atoms in total. The summed E-state index contributed by atoms with van der Waals surface area (Å²) in [5.74, 6) is 4.31. The van der Waals surface area contributed by atoms with Gasteiger partial charge in [-0.15, -0.1) is 10.2 Å². The van der Waals surface area contributed by atoms with Crippen LogP contribution in [0.1, 0.15) is 54.6 Å². The first kappa shape index (κ1) is 27.1. The zero-order valence-corrected chi connectivity index (χ0v) is 24.3. The van der Waals surface area contributed by atoms with Crippen LogP contribution in [0.4, 0.5) is 5.82 Å².